The lowest BCUT2D eigenvalue weighted by Crippen LogP contribution is -2.26. The van der Waals surface area contributed by atoms with Crippen LogP contribution in [-0.4, -0.2) is 17.5 Å². The molecule has 1 rings (SSSR count). The highest BCUT2D eigenvalue weighted by molar-refractivity contribution is 6.30. The third kappa shape index (κ3) is 7.14. The third-order valence-corrected chi connectivity index (χ3v) is 2.63. The number of ether oxygens (including phenoxy) is 1. The van der Waals surface area contributed by atoms with Gasteiger partial charge in [-0.2, -0.15) is 0 Å². The average molecular weight is 298 g/mol. The molecular weight excluding hydrogens is 278 g/mol. The summed E-state index contributed by atoms with van der Waals surface area (Å²) in [5.74, 6) is -0.537. The highest BCUT2D eigenvalue weighted by atomic mass is 35.5. The van der Waals surface area contributed by atoms with Gasteiger partial charge in [0.15, 0.2) is 0 Å². The lowest BCUT2D eigenvalue weighted by Gasteiger charge is -2.19. The number of rotatable bonds is 5. The second-order valence-corrected chi connectivity index (χ2v) is 5.93. The van der Waals surface area contributed by atoms with E-state index in [0.717, 1.165) is 5.56 Å². The van der Waals surface area contributed by atoms with Crippen LogP contribution in [0.4, 0.5) is 0 Å². The highest BCUT2D eigenvalue weighted by Gasteiger charge is 2.16. The molecule has 0 aliphatic heterocycles. The van der Waals surface area contributed by atoms with Crippen LogP contribution < -0.4 is 5.32 Å². The monoisotopic (exact) mass is 297 g/mol. The molecule has 0 atom stereocenters. The fourth-order valence-corrected chi connectivity index (χ4v) is 1.63. The summed E-state index contributed by atoms with van der Waals surface area (Å²) in [4.78, 5) is 23.1. The standard InChI is InChI=1S/C15H20ClNO3/c1-15(2,3)20-14(19)9-8-13(18)17-10-11-4-6-12(16)7-5-11/h4-7H,8-10H2,1-3H3,(H,17,18). The summed E-state index contributed by atoms with van der Waals surface area (Å²) >= 11 is 5.77. The Labute approximate surface area is 124 Å². The minimum Gasteiger partial charge on any atom is -0.460 e. The SMILES string of the molecule is CC(C)(C)OC(=O)CCC(=O)NCc1ccc(Cl)cc1. The Morgan fingerprint density at radius 3 is 2.30 bits per heavy atom. The Morgan fingerprint density at radius 2 is 1.75 bits per heavy atom. The predicted octanol–water partition coefficient (Wildman–Crippen LogP) is 3.08. The van der Waals surface area contributed by atoms with E-state index in [2.05, 4.69) is 5.32 Å². The van der Waals surface area contributed by atoms with E-state index >= 15 is 0 Å². The Morgan fingerprint density at radius 1 is 1.15 bits per heavy atom. The fraction of sp³-hybridized carbons (Fsp3) is 0.467. The number of hydrogen-bond donors (Lipinski definition) is 1. The average Bonchev–Trinajstić information content (AvgIpc) is 2.33. The van der Waals surface area contributed by atoms with Crippen LogP contribution in [0.3, 0.4) is 0 Å². The van der Waals surface area contributed by atoms with Crippen LogP contribution in [0.2, 0.25) is 5.02 Å². The van der Waals surface area contributed by atoms with Gasteiger partial charge in [0.2, 0.25) is 5.91 Å². The zero-order valence-electron chi connectivity index (χ0n) is 12.0. The van der Waals surface area contributed by atoms with Crippen LogP contribution in [0.15, 0.2) is 24.3 Å². The molecule has 0 bridgehead atoms. The van der Waals surface area contributed by atoms with Crippen molar-refractivity contribution in [3.8, 4) is 0 Å². The Bertz CT molecular complexity index is 463. The molecule has 0 radical (unpaired) electrons. The van der Waals surface area contributed by atoms with E-state index in [4.69, 9.17) is 16.3 Å². The van der Waals surface area contributed by atoms with Gasteiger partial charge in [0, 0.05) is 18.0 Å². The summed E-state index contributed by atoms with van der Waals surface area (Å²) in [6.45, 7) is 5.81. The van der Waals surface area contributed by atoms with E-state index in [0.29, 0.717) is 11.6 Å². The van der Waals surface area contributed by atoms with Crippen molar-refractivity contribution >= 4 is 23.5 Å². The number of hydrogen-bond acceptors (Lipinski definition) is 3. The molecular formula is C15H20ClNO3. The van der Waals surface area contributed by atoms with E-state index in [1.165, 1.54) is 0 Å². The molecule has 0 saturated carbocycles. The smallest absolute Gasteiger partial charge is 0.306 e. The largest absolute Gasteiger partial charge is 0.460 e. The van der Waals surface area contributed by atoms with Crippen LogP contribution in [0.5, 0.6) is 0 Å². The summed E-state index contributed by atoms with van der Waals surface area (Å²) in [7, 11) is 0. The molecule has 1 N–H and O–H groups in total. The lowest BCUT2D eigenvalue weighted by atomic mass is 10.2. The maximum absolute atomic E-state index is 11.6. The molecule has 1 aromatic carbocycles. The number of amides is 1. The Balaban J connectivity index is 2.27. The molecule has 0 spiro atoms. The highest BCUT2D eigenvalue weighted by Crippen LogP contribution is 2.10. The van der Waals surface area contributed by atoms with Crippen molar-refractivity contribution in [3.63, 3.8) is 0 Å². The van der Waals surface area contributed by atoms with E-state index in [1.54, 1.807) is 32.9 Å². The van der Waals surface area contributed by atoms with Crippen molar-refractivity contribution in [2.45, 2.75) is 45.8 Å². The van der Waals surface area contributed by atoms with Gasteiger partial charge < -0.3 is 10.1 Å². The molecule has 0 saturated heterocycles. The molecule has 0 fully saturated rings. The van der Waals surface area contributed by atoms with Gasteiger partial charge in [-0.25, -0.2) is 0 Å². The molecule has 1 amide bonds. The molecule has 0 heterocycles. The van der Waals surface area contributed by atoms with Crippen LogP contribution in [0.1, 0.15) is 39.2 Å². The zero-order chi connectivity index (χ0) is 15.2. The number of nitrogens with one attached hydrogen (secondary N) is 1. The zero-order valence-corrected chi connectivity index (χ0v) is 12.8. The molecule has 0 aliphatic carbocycles. The molecule has 0 aromatic heterocycles. The molecule has 5 heteroatoms. The molecule has 0 aliphatic rings. The summed E-state index contributed by atoms with van der Waals surface area (Å²) in [5, 5.41) is 3.40. The van der Waals surface area contributed by atoms with Gasteiger partial charge in [0.25, 0.3) is 0 Å². The Hall–Kier alpha value is -1.55. The van der Waals surface area contributed by atoms with Crippen molar-refractivity contribution in [2.24, 2.45) is 0 Å². The van der Waals surface area contributed by atoms with Crippen molar-refractivity contribution in [3.05, 3.63) is 34.9 Å². The van der Waals surface area contributed by atoms with Crippen molar-refractivity contribution in [2.75, 3.05) is 0 Å². The molecule has 0 unspecified atom stereocenters. The number of halogens is 1. The topological polar surface area (TPSA) is 55.4 Å². The minimum absolute atomic E-state index is 0.0870. The number of benzene rings is 1. The molecule has 110 valence electrons. The van der Waals surface area contributed by atoms with E-state index < -0.39 is 5.60 Å². The molecule has 20 heavy (non-hydrogen) atoms. The van der Waals surface area contributed by atoms with Gasteiger partial charge in [-0.1, -0.05) is 23.7 Å². The van der Waals surface area contributed by atoms with Crippen molar-refractivity contribution in [1.82, 2.24) is 5.32 Å². The van der Waals surface area contributed by atoms with Crippen LogP contribution in [0.25, 0.3) is 0 Å². The minimum atomic E-state index is -0.517. The lowest BCUT2D eigenvalue weighted by molar-refractivity contribution is -0.155. The van der Waals surface area contributed by atoms with Crippen LogP contribution in [-0.2, 0) is 20.9 Å². The first-order chi connectivity index (χ1) is 9.26. The number of carbonyl (C=O) groups is 2. The summed E-state index contributed by atoms with van der Waals surface area (Å²) in [6.07, 6.45) is 0.215. The first-order valence-corrected chi connectivity index (χ1v) is 6.87. The van der Waals surface area contributed by atoms with Gasteiger partial charge in [-0.3, -0.25) is 9.59 Å². The van der Waals surface area contributed by atoms with Gasteiger partial charge in [-0.05, 0) is 38.5 Å². The number of carbonyl (C=O) groups excluding carboxylic acids is 2. The first kappa shape index (κ1) is 16.5. The quantitative estimate of drug-likeness (QED) is 0.850. The summed E-state index contributed by atoms with van der Waals surface area (Å²) in [6, 6.07) is 7.22. The normalized spacial score (nSPS) is 11.0. The van der Waals surface area contributed by atoms with E-state index in [1.807, 2.05) is 12.1 Å². The first-order valence-electron chi connectivity index (χ1n) is 6.49. The van der Waals surface area contributed by atoms with E-state index in [9.17, 15) is 9.59 Å². The Kier molecular flexibility index (Phi) is 6.02. The summed E-state index contributed by atoms with van der Waals surface area (Å²) < 4.78 is 5.13. The molecule has 4 nitrogen and oxygen atoms in total. The van der Waals surface area contributed by atoms with Crippen LogP contribution in [0, 0.1) is 0 Å². The number of esters is 1. The summed E-state index contributed by atoms with van der Waals surface area (Å²) in [5.41, 5.74) is 0.441. The van der Waals surface area contributed by atoms with Crippen LogP contribution >= 0.6 is 11.6 Å². The van der Waals surface area contributed by atoms with Gasteiger partial charge in [0.05, 0.1) is 6.42 Å². The predicted molar refractivity (Wildman–Crippen MR) is 78.4 cm³/mol. The maximum atomic E-state index is 11.6. The van der Waals surface area contributed by atoms with Crippen molar-refractivity contribution in [1.29, 1.82) is 0 Å². The van der Waals surface area contributed by atoms with Gasteiger partial charge in [-0.15, -0.1) is 0 Å². The fourth-order valence-electron chi connectivity index (χ4n) is 1.50. The van der Waals surface area contributed by atoms with Gasteiger partial charge in [0.1, 0.15) is 5.60 Å². The maximum Gasteiger partial charge on any atom is 0.306 e. The van der Waals surface area contributed by atoms with E-state index in [-0.39, 0.29) is 24.7 Å². The van der Waals surface area contributed by atoms with Crippen molar-refractivity contribution < 1.29 is 14.3 Å². The molecule has 1 aromatic rings. The van der Waals surface area contributed by atoms with Gasteiger partial charge >= 0.3 is 5.97 Å². The second-order valence-electron chi connectivity index (χ2n) is 5.49. The third-order valence-electron chi connectivity index (χ3n) is 2.38. The second kappa shape index (κ2) is 7.29.